The third-order valence-corrected chi connectivity index (χ3v) is 5.92. The monoisotopic (exact) mass is 380 g/mol. The Morgan fingerprint density at radius 2 is 1.71 bits per heavy atom. The molecule has 1 N–H and O–H groups in total. The minimum absolute atomic E-state index is 0.188. The molecule has 0 saturated carbocycles. The van der Waals surface area contributed by atoms with E-state index in [1.807, 2.05) is 29.2 Å². The number of para-hydroxylation sites is 1. The van der Waals surface area contributed by atoms with Crippen LogP contribution in [0, 0.1) is 20.8 Å². The van der Waals surface area contributed by atoms with Crippen LogP contribution in [-0.2, 0) is 17.8 Å². The van der Waals surface area contributed by atoms with Crippen molar-refractivity contribution in [1.82, 2.24) is 10.2 Å². The van der Waals surface area contributed by atoms with Gasteiger partial charge < -0.3 is 15.0 Å². The number of hydrogen-bond acceptors (Lipinski definition) is 3. The van der Waals surface area contributed by atoms with Crippen LogP contribution in [0.25, 0.3) is 0 Å². The molecular formula is C24H32N2O2. The van der Waals surface area contributed by atoms with Gasteiger partial charge in [-0.25, -0.2) is 0 Å². The molecule has 150 valence electrons. The zero-order valence-electron chi connectivity index (χ0n) is 17.5. The molecule has 0 aromatic heterocycles. The van der Waals surface area contributed by atoms with Crippen LogP contribution in [0.15, 0.2) is 36.4 Å². The number of nitrogens with zero attached hydrogens (tertiary/aromatic N) is 1. The van der Waals surface area contributed by atoms with Crippen LogP contribution in [0.4, 0.5) is 0 Å². The second-order valence-electron chi connectivity index (χ2n) is 7.89. The first-order valence-corrected chi connectivity index (χ1v) is 10.2. The quantitative estimate of drug-likeness (QED) is 0.825. The zero-order valence-corrected chi connectivity index (χ0v) is 17.5. The third kappa shape index (κ3) is 4.93. The largest absolute Gasteiger partial charge is 0.496 e. The Labute approximate surface area is 168 Å². The number of aryl methyl sites for hydroxylation is 3. The number of hydrogen-bond donors (Lipinski definition) is 1. The predicted octanol–water partition coefficient (Wildman–Crippen LogP) is 3.94. The van der Waals surface area contributed by atoms with Gasteiger partial charge >= 0.3 is 0 Å². The normalized spacial score (nSPS) is 14.9. The van der Waals surface area contributed by atoms with Crippen molar-refractivity contribution in [2.24, 2.45) is 0 Å². The van der Waals surface area contributed by atoms with Crippen LogP contribution in [0.1, 0.15) is 40.7 Å². The molecule has 4 nitrogen and oxygen atoms in total. The average Bonchev–Trinajstić information content (AvgIpc) is 2.70. The second-order valence-corrected chi connectivity index (χ2v) is 7.89. The Morgan fingerprint density at radius 1 is 1.04 bits per heavy atom. The maximum Gasteiger partial charge on any atom is 0.227 e. The number of methoxy groups -OCH3 is 1. The van der Waals surface area contributed by atoms with Gasteiger partial charge in [-0.1, -0.05) is 30.3 Å². The molecule has 0 aliphatic carbocycles. The SMILES string of the molecule is COc1ccccc1CC(=O)N1CCC(NCc2cc(C)c(C)cc2C)CC1. The van der Waals surface area contributed by atoms with Gasteiger partial charge in [-0.15, -0.1) is 0 Å². The molecule has 2 aromatic rings. The Hall–Kier alpha value is -2.33. The standard InChI is InChI=1S/C24H32N2O2/c1-17-13-19(3)21(14-18(17)2)16-25-22-9-11-26(12-10-22)24(27)15-20-7-5-6-8-23(20)28-4/h5-8,13-14,22,25H,9-12,15-16H2,1-4H3. The van der Waals surface area contributed by atoms with Crippen molar-refractivity contribution in [3.8, 4) is 5.75 Å². The topological polar surface area (TPSA) is 41.6 Å². The summed E-state index contributed by atoms with van der Waals surface area (Å²) in [6, 6.07) is 12.8. The Morgan fingerprint density at radius 3 is 2.43 bits per heavy atom. The van der Waals surface area contributed by atoms with Gasteiger partial charge in [0.1, 0.15) is 5.75 Å². The van der Waals surface area contributed by atoms with E-state index in [0.717, 1.165) is 43.8 Å². The fourth-order valence-electron chi connectivity index (χ4n) is 3.92. The van der Waals surface area contributed by atoms with E-state index in [-0.39, 0.29) is 5.91 Å². The molecular weight excluding hydrogens is 348 g/mol. The number of carbonyl (C=O) groups excluding carboxylic acids is 1. The smallest absolute Gasteiger partial charge is 0.227 e. The van der Waals surface area contributed by atoms with Crippen LogP contribution in [0.5, 0.6) is 5.75 Å². The van der Waals surface area contributed by atoms with Crippen molar-refractivity contribution in [2.45, 2.75) is 52.6 Å². The predicted molar refractivity (Wildman–Crippen MR) is 114 cm³/mol. The summed E-state index contributed by atoms with van der Waals surface area (Å²) in [5.74, 6) is 0.976. The molecule has 1 aliphatic rings. The second kappa shape index (κ2) is 9.24. The number of carbonyl (C=O) groups is 1. The lowest BCUT2D eigenvalue weighted by Gasteiger charge is -2.33. The summed E-state index contributed by atoms with van der Waals surface area (Å²) in [6.07, 6.45) is 2.41. The van der Waals surface area contributed by atoms with E-state index in [0.29, 0.717) is 12.5 Å². The summed E-state index contributed by atoms with van der Waals surface area (Å²) < 4.78 is 5.37. The fourth-order valence-corrected chi connectivity index (χ4v) is 3.92. The average molecular weight is 381 g/mol. The molecule has 1 aliphatic heterocycles. The highest BCUT2D eigenvalue weighted by Gasteiger charge is 2.23. The Kier molecular flexibility index (Phi) is 6.74. The van der Waals surface area contributed by atoms with Gasteiger partial charge in [0.25, 0.3) is 0 Å². The number of amides is 1. The van der Waals surface area contributed by atoms with Crippen LogP contribution < -0.4 is 10.1 Å². The summed E-state index contributed by atoms with van der Waals surface area (Å²) in [4.78, 5) is 14.7. The van der Waals surface area contributed by atoms with Gasteiger partial charge in [-0.3, -0.25) is 4.79 Å². The van der Waals surface area contributed by atoms with E-state index in [4.69, 9.17) is 4.74 Å². The van der Waals surface area contributed by atoms with Crippen molar-refractivity contribution in [2.75, 3.05) is 20.2 Å². The molecule has 1 amide bonds. The first-order valence-electron chi connectivity index (χ1n) is 10.2. The van der Waals surface area contributed by atoms with Crippen LogP contribution in [-0.4, -0.2) is 37.0 Å². The summed E-state index contributed by atoms with van der Waals surface area (Å²) in [7, 11) is 1.65. The third-order valence-electron chi connectivity index (χ3n) is 5.92. The van der Waals surface area contributed by atoms with Crippen LogP contribution in [0.3, 0.4) is 0 Å². The van der Waals surface area contributed by atoms with Crippen molar-refractivity contribution < 1.29 is 9.53 Å². The Balaban J connectivity index is 1.49. The maximum absolute atomic E-state index is 12.7. The number of ether oxygens (including phenoxy) is 1. The van der Waals surface area contributed by atoms with Gasteiger partial charge in [-0.05, 0) is 61.9 Å². The molecule has 1 fully saturated rings. The minimum atomic E-state index is 0.188. The van der Waals surface area contributed by atoms with Crippen molar-refractivity contribution in [1.29, 1.82) is 0 Å². The highest BCUT2D eigenvalue weighted by molar-refractivity contribution is 5.79. The summed E-state index contributed by atoms with van der Waals surface area (Å²) in [5, 5.41) is 3.69. The van der Waals surface area contributed by atoms with E-state index in [1.54, 1.807) is 7.11 Å². The molecule has 1 heterocycles. The van der Waals surface area contributed by atoms with E-state index >= 15 is 0 Å². The molecule has 0 bridgehead atoms. The number of nitrogens with one attached hydrogen (secondary N) is 1. The van der Waals surface area contributed by atoms with E-state index in [1.165, 1.54) is 22.3 Å². The molecule has 1 saturated heterocycles. The van der Waals surface area contributed by atoms with E-state index in [2.05, 4.69) is 38.2 Å². The molecule has 28 heavy (non-hydrogen) atoms. The lowest BCUT2D eigenvalue weighted by molar-refractivity contribution is -0.131. The summed E-state index contributed by atoms with van der Waals surface area (Å²) >= 11 is 0. The lowest BCUT2D eigenvalue weighted by atomic mass is 9.99. The number of likely N-dealkylation sites (tertiary alicyclic amines) is 1. The van der Waals surface area contributed by atoms with Crippen molar-refractivity contribution in [3.63, 3.8) is 0 Å². The van der Waals surface area contributed by atoms with Crippen LogP contribution >= 0.6 is 0 Å². The first-order chi connectivity index (χ1) is 13.5. The molecule has 0 spiro atoms. The van der Waals surface area contributed by atoms with E-state index in [9.17, 15) is 4.79 Å². The van der Waals surface area contributed by atoms with Crippen molar-refractivity contribution >= 4 is 5.91 Å². The summed E-state index contributed by atoms with van der Waals surface area (Å²) in [5.41, 5.74) is 6.38. The lowest BCUT2D eigenvalue weighted by Crippen LogP contribution is -2.45. The molecule has 0 atom stereocenters. The maximum atomic E-state index is 12.7. The molecule has 3 rings (SSSR count). The van der Waals surface area contributed by atoms with Gasteiger partial charge in [0.15, 0.2) is 0 Å². The van der Waals surface area contributed by atoms with Gasteiger partial charge in [0.05, 0.1) is 13.5 Å². The minimum Gasteiger partial charge on any atom is -0.496 e. The van der Waals surface area contributed by atoms with E-state index < -0.39 is 0 Å². The van der Waals surface area contributed by atoms with Crippen molar-refractivity contribution in [3.05, 3.63) is 64.2 Å². The number of piperidine rings is 1. The summed E-state index contributed by atoms with van der Waals surface area (Å²) in [6.45, 7) is 9.05. The van der Waals surface area contributed by atoms with Crippen LogP contribution in [0.2, 0.25) is 0 Å². The zero-order chi connectivity index (χ0) is 20.1. The molecule has 0 radical (unpaired) electrons. The highest BCUT2D eigenvalue weighted by atomic mass is 16.5. The first kappa shape index (κ1) is 20.4. The molecule has 2 aromatic carbocycles. The van der Waals surface area contributed by atoms with Gasteiger partial charge in [-0.2, -0.15) is 0 Å². The fraction of sp³-hybridized carbons (Fsp3) is 0.458. The number of benzene rings is 2. The highest BCUT2D eigenvalue weighted by Crippen LogP contribution is 2.20. The van der Waals surface area contributed by atoms with Gasteiger partial charge in [0.2, 0.25) is 5.91 Å². The number of rotatable bonds is 6. The molecule has 4 heteroatoms. The molecule has 0 unspecified atom stereocenters. The van der Waals surface area contributed by atoms with Gasteiger partial charge in [0, 0.05) is 31.2 Å². The Bertz CT molecular complexity index is 823.